The Labute approximate surface area is 127 Å². The molecule has 8 heteroatoms. The summed E-state index contributed by atoms with van der Waals surface area (Å²) in [6, 6.07) is 2.05. The first-order chi connectivity index (χ1) is 10.3. The van der Waals surface area contributed by atoms with Crippen molar-refractivity contribution >= 4 is 17.3 Å². The number of carbonyl (C=O) groups excluding carboxylic acids is 1. The van der Waals surface area contributed by atoms with E-state index >= 15 is 0 Å². The van der Waals surface area contributed by atoms with Crippen molar-refractivity contribution in [2.75, 3.05) is 6.54 Å². The van der Waals surface area contributed by atoms with Gasteiger partial charge in [0.15, 0.2) is 0 Å². The van der Waals surface area contributed by atoms with E-state index < -0.39 is 21.2 Å². The summed E-state index contributed by atoms with van der Waals surface area (Å²) in [5, 5.41) is 22.0. The topological polar surface area (TPSA) is 107 Å². The fourth-order valence-corrected chi connectivity index (χ4v) is 2.76. The molecule has 2 rings (SSSR count). The maximum atomic E-state index is 12.7. The third-order valence-electron chi connectivity index (χ3n) is 4.07. The third kappa shape index (κ3) is 2.90. The molecular formula is C14H17N3O5. The van der Waals surface area contributed by atoms with E-state index in [4.69, 9.17) is 0 Å². The van der Waals surface area contributed by atoms with Gasteiger partial charge in [0.1, 0.15) is 0 Å². The predicted molar refractivity (Wildman–Crippen MR) is 78.8 cm³/mol. The summed E-state index contributed by atoms with van der Waals surface area (Å²) in [6.45, 7) is 3.93. The number of likely N-dealkylation sites (tertiary alicyclic amines) is 1. The Morgan fingerprint density at radius 1 is 1.23 bits per heavy atom. The van der Waals surface area contributed by atoms with Crippen molar-refractivity contribution in [2.24, 2.45) is 0 Å². The molecule has 0 N–H and O–H groups in total. The minimum atomic E-state index is -0.719. The molecule has 1 aromatic rings. The molecule has 1 saturated heterocycles. The average molecular weight is 307 g/mol. The van der Waals surface area contributed by atoms with E-state index in [1.54, 1.807) is 4.90 Å². The molecule has 1 amide bonds. The van der Waals surface area contributed by atoms with Crippen LogP contribution in [-0.2, 0) is 0 Å². The number of rotatable bonds is 3. The lowest BCUT2D eigenvalue weighted by molar-refractivity contribution is -0.394. The van der Waals surface area contributed by atoms with Crippen LogP contribution >= 0.6 is 0 Å². The van der Waals surface area contributed by atoms with Crippen molar-refractivity contribution in [3.63, 3.8) is 0 Å². The van der Waals surface area contributed by atoms with Gasteiger partial charge in [0.25, 0.3) is 17.3 Å². The molecule has 0 aliphatic carbocycles. The van der Waals surface area contributed by atoms with Gasteiger partial charge in [-0.3, -0.25) is 25.0 Å². The Morgan fingerprint density at radius 3 is 2.45 bits per heavy atom. The van der Waals surface area contributed by atoms with Crippen molar-refractivity contribution in [1.29, 1.82) is 0 Å². The molecule has 1 heterocycles. The number of amides is 1. The zero-order valence-electron chi connectivity index (χ0n) is 12.4. The summed E-state index contributed by atoms with van der Waals surface area (Å²) >= 11 is 0. The molecule has 1 fully saturated rings. The molecule has 1 aliphatic rings. The summed E-state index contributed by atoms with van der Waals surface area (Å²) < 4.78 is 0. The van der Waals surface area contributed by atoms with Crippen molar-refractivity contribution in [2.45, 2.75) is 39.2 Å². The van der Waals surface area contributed by atoms with Crippen LogP contribution in [0.4, 0.5) is 11.4 Å². The highest BCUT2D eigenvalue weighted by Crippen LogP contribution is 2.30. The fraction of sp³-hybridized carbons (Fsp3) is 0.500. The van der Waals surface area contributed by atoms with Gasteiger partial charge in [0, 0.05) is 24.2 Å². The minimum absolute atomic E-state index is 0.0268. The Balaban J connectivity index is 2.51. The van der Waals surface area contributed by atoms with Gasteiger partial charge in [-0.25, -0.2) is 0 Å². The zero-order chi connectivity index (χ0) is 16.4. The summed E-state index contributed by atoms with van der Waals surface area (Å²) in [5.74, 6) is -0.378. The van der Waals surface area contributed by atoms with Crippen LogP contribution in [0.5, 0.6) is 0 Å². The summed E-state index contributed by atoms with van der Waals surface area (Å²) in [6.07, 6.45) is 2.76. The molecular weight excluding hydrogens is 290 g/mol. The van der Waals surface area contributed by atoms with Crippen molar-refractivity contribution in [1.82, 2.24) is 4.90 Å². The van der Waals surface area contributed by atoms with Crippen LogP contribution in [0.3, 0.4) is 0 Å². The van der Waals surface area contributed by atoms with Crippen molar-refractivity contribution in [3.05, 3.63) is 43.5 Å². The van der Waals surface area contributed by atoms with Gasteiger partial charge in [-0.2, -0.15) is 0 Å². The van der Waals surface area contributed by atoms with Crippen molar-refractivity contribution in [3.8, 4) is 0 Å². The molecule has 0 aromatic heterocycles. The molecule has 0 spiro atoms. The predicted octanol–water partition coefficient (Wildman–Crippen LogP) is 2.83. The lowest BCUT2D eigenvalue weighted by atomic mass is 9.99. The van der Waals surface area contributed by atoms with Crippen LogP contribution in [0.2, 0.25) is 0 Å². The highest BCUT2D eigenvalue weighted by atomic mass is 16.6. The molecule has 0 bridgehead atoms. The van der Waals surface area contributed by atoms with Crippen LogP contribution in [0.25, 0.3) is 0 Å². The van der Waals surface area contributed by atoms with Gasteiger partial charge in [-0.1, -0.05) is 0 Å². The molecule has 0 saturated carbocycles. The maximum absolute atomic E-state index is 12.7. The SMILES string of the molecule is Cc1c(C(=O)N2CCCCC2C)cc([N+](=O)[O-])cc1[N+](=O)[O-]. The number of non-ortho nitro benzene ring substituents is 1. The van der Waals surface area contributed by atoms with Gasteiger partial charge in [0.2, 0.25) is 0 Å². The van der Waals surface area contributed by atoms with Gasteiger partial charge in [-0.15, -0.1) is 0 Å². The number of piperidine rings is 1. The van der Waals surface area contributed by atoms with E-state index in [0.29, 0.717) is 6.54 Å². The first-order valence-corrected chi connectivity index (χ1v) is 7.07. The second-order valence-corrected chi connectivity index (χ2v) is 5.50. The summed E-state index contributed by atoms with van der Waals surface area (Å²) in [7, 11) is 0. The van der Waals surface area contributed by atoms with Gasteiger partial charge in [-0.05, 0) is 33.1 Å². The normalized spacial score (nSPS) is 18.1. The quantitative estimate of drug-likeness (QED) is 0.630. The number of benzene rings is 1. The molecule has 1 unspecified atom stereocenters. The van der Waals surface area contributed by atoms with Crippen molar-refractivity contribution < 1.29 is 14.6 Å². The summed E-state index contributed by atoms with van der Waals surface area (Å²) in [5.41, 5.74) is -0.638. The van der Waals surface area contributed by atoms with E-state index in [1.165, 1.54) is 6.92 Å². The van der Waals surface area contributed by atoms with Crippen LogP contribution < -0.4 is 0 Å². The first kappa shape index (κ1) is 15.9. The number of hydrogen-bond acceptors (Lipinski definition) is 5. The second kappa shape index (κ2) is 6.08. The van der Waals surface area contributed by atoms with E-state index in [0.717, 1.165) is 31.4 Å². The zero-order valence-corrected chi connectivity index (χ0v) is 12.4. The maximum Gasteiger partial charge on any atom is 0.279 e. The molecule has 1 aliphatic heterocycles. The van der Waals surface area contributed by atoms with Crippen LogP contribution in [0, 0.1) is 27.2 Å². The minimum Gasteiger partial charge on any atom is -0.336 e. The Morgan fingerprint density at radius 2 is 1.91 bits per heavy atom. The highest BCUT2D eigenvalue weighted by molar-refractivity contribution is 5.97. The number of nitrogens with zero attached hydrogens (tertiary/aromatic N) is 3. The Bertz CT molecular complexity index is 644. The number of hydrogen-bond donors (Lipinski definition) is 0. The molecule has 1 aromatic carbocycles. The summed E-state index contributed by atoms with van der Waals surface area (Å²) in [4.78, 5) is 34.9. The standard InChI is InChI=1S/C14H17N3O5/c1-9-5-3-4-6-15(9)14(18)12-7-11(16(19)20)8-13(10(12)2)17(21)22/h7-9H,3-6H2,1-2H3. The smallest absolute Gasteiger partial charge is 0.279 e. The molecule has 22 heavy (non-hydrogen) atoms. The fourth-order valence-electron chi connectivity index (χ4n) is 2.76. The van der Waals surface area contributed by atoms with Crippen LogP contribution in [0.15, 0.2) is 12.1 Å². The Kier molecular flexibility index (Phi) is 4.39. The average Bonchev–Trinajstić information content (AvgIpc) is 2.46. The first-order valence-electron chi connectivity index (χ1n) is 7.07. The highest BCUT2D eigenvalue weighted by Gasteiger charge is 2.30. The largest absolute Gasteiger partial charge is 0.336 e. The Hall–Kier alpha value is -2.51. The number of nitro benzene ring substituents is 2. The molecule has 0 radical (unpaired) electrons. The van der Waals surface area contributed by atoms with E-state index in [9.17, 15) is 25.0 Å². The lowest BCUT2D eigenvalue weighted by Crippen LogP contribution is -2.42. The van der Waals surface area contributed by atoms with E-state index in [1.807, 2.05) is 6.92 Å². The van der Waals surface area contributed by atoms with Crippen LogP contribution in [-0.4, -0.2) is 33.2 Å². The number of nitro groups is 2. The molecule has 8 nitrogen and oxygen atoms in total. The van der Waals surface area contributed by atoms with Gasteiger partial charge < -0.3 is 4.90 Å². The van der Waals surface area contributed by atoms with E-state index in [-0.39, 0.29) is 23.1 Å². The van der Waals surface area contributed by atoms with Crippen LogP contribution in [0.1, 0.15) is 42.1 Å². The monoisotopic (exact) mass is 307 g/mol. The van der Waals surface area contributed by atoms with Gasteiger partial charge in [0.05, 0.1) is 21.5 Å². The van der Waals surface area contributed by atoms with Gasteiger partial charge >= 0.3 is 0 Å². The number of carbonyl (C=O) groups is 1. The van der Waals surface area contributed by atoms with E-state index in [2.05, 4.69) is 0 Å². The molecule has 1 atom stereocenters. The third-order valence-corrected chi connectivity index (χ3v) is 4.07. The lowest BCUT2D eigenvalue weighted by Gasteiger charge is -2.33. The second-order valence-electron chi connectivity index (χ2n) is 5.50. The molecule has 118 valence electrons.